The van der Waals surface area contributed by atoms with Gasteiger partial charge in [-0.15, -0.1) is 0 Å². The number of carbonyl (C=O) groups is 2. The van der Waals surface area contributed by atoms with E-state index in [4.69, 9.17) is 19.4 Å². The number of carboxylic acid groups (broad SMARTS) is 1. The van der Waals surface area contributed by atoms with Gasteiger partial charge in [0.1, 0.15) is 5.75 Å². The van der Waals surface area contributed by atoms with Crippen LogP contribution in [0.15, 0.2) is 24.5 Å². The minimum absolute atomic E-state index is 0.0110. The summed E-state index contributed by atoms with van der Waals surface area (Å²) in [6.07, 6.45) is 0.883. The third kappa shape index (κ3) is 8.07. The van der Waals surface area contributed by atoms with Gasteiger partial charge in [-0.2, -0.15) is 13.2 Å². The molecule has 2 atom stereocenters. The van der Waals surface area contributed by atoms with Crippen LogP contribution in [0.4, 0.5) is 13.2 Å². The second kappa shape index (κ2) is 9.92. The number of alkyl halides is 3. The molecular weight excluding hydrogens is 445 g/mol. The molecule has 31 heavy (non-hydrogen) atoms. The monoisotopic (exact) mass is 468 g/mol. The van der Waals surface area contributed by atoms with Crippen molar-refractivity contribution < 1.29 is 45.8 Å². The third-order valence-corrected chi connectivity index (χ3v) is 5.48. The maximum atomic E-state index is 12.0. The van der Waals surface area contributed by atoms with Crippen LogP contribution >= 0.6 is 0 Å². The lowest BCUT2D eigenvalue weighted by Gasteiger charge is -2.23. The van der Waals surface area contributed by atoms with Gasteiger partial charge in [-0.05, 0) is 24.1 Å². The number of carboxylic acids is 1. The SMILES string of the molecule is CS(=O)(=O)CC(=O)N1CC[C@]2(C[C@@H](OCc3ccncc3)CO2)C1.O=C(O)C(F)(F)F. The van der Waals surface area contributed by atoms with E-state index < -0.39 is 33.3 Å². The van der Waals surface area contributed by atoms with E-state index in [1.165, 1.54) is 0 Å². The van der Waals surface area contributed by atoms with Gasteiger partial charge in [0.05, 0.1) is 24.9 Å². The Balaban J connectivity index is 0.000000423. The largest absolute Gasteiger partial charge is 0.490 e. The number of rotatable bonds is 5. The van der Waals surface area contributed by atoms with E-state index in [0.29, 0.717) is 26.3 Å². The Morgan fingerprint density at radius 2 is 1.97 bits per heavy atom. The van der Waals surface area contributed by atoms with Crippen molar-refractivity contribution in [3.05, 3.63) is 30.1 Å². The van der Waals surface area contributed by atoms with Gasteiger partial charge >= 0.3 is 12.1 Å². The minimum atomic E-state index is -5.08. The van der Waals surface area contributed by atoms with Crippen LogP contribution in [0.1, 0.15) is 18.4 Å². The van der Waals surface area contributed by atoms with Crippen LogP contribution in [0.2, 0.25) is 0 Å². The first kappa shape index (κ1) is 25.0. The van der Waals surface area contributed by atoms with E-state index in [-0.39, 0.29) is 12.0 Å². The van der Waals surface area contributed by atoms with Crippen molar-refractivity contribution in [3.63, 3.8) is 0 Å². The molecule has 2 aliphatic heterocycles. The van der Waals surface area contributed by atoms with Gasteiger partial charge in [-0.1, -0.05) is 0 Å². The highest BCUT2D eigenvalue weighted by molar-refractivity contribution is 7.91. The van der Waals surface area contributed by atoms with E-state index in [1.807, 2.05) is 12.1 Å². The first-order valence-corrected chi connectivity index (χ1v) is 11.3. The summed E-state index contributed by atoms with van der Waals surface area (Å²) in [7, 11) is -3.31. The van der Waals surface area contributed by atoms with Gasteiger partial charge < -0.3 is 19.5 Å². The number of aliphatic carboxylic acids is 1. The van der Waals surface area contributed by atoms with Crippen molar-refractivity contribution in [2.45, 2.75) is 37.3 Å². The number of sulfone groups is 1. The Hall–Kier alpha value is -2.25. The van der Waals surface area contributed by atoms with E-state index in [9.17, 15) is 26.4 Å². The van der Waals surface area contributed by atoms with Gasteiger partial charge in [0.25, 0.3) is 0 Å². The van der Waals surface area contributed by atoms with Crippen LogP contribution in [0.5, 0.6) is 0 Å². The molecular formula is C18H23F3N2O7S. The summed E-state index contributed by atoms with van der Waals surface area (Å²) in [5.74, 6) is -3.54. The number of likely N-dealkylation sites (tertiary alicyclic amines) is 1. The number of carbonyl (C=O) groups excluding carboxylic acids is 1. The zero-order valence-electron chi connectivity index (χ0n) is 16.7. The van der Waals surface area contributed by atoms with Gasteiger partial charge in [0, 0.05) is 38.2 Å². The maximum Gasteiger partial charge on any atom is 0.490 e. The van der Waals surface area contributed by atoms with Gasteiger partial charge in [0.2, 0.25) is 5.91 Å². The Bertz CT molecular complexity index is 880. The Kier molecular flexibility index (Phi) is 8.00. The number of nitrogens with zero attached hydrogens (tertiary/aromatic N) is 2. The lowest BCUT2D eigenvalue weighted by Crippen LogP contribution is -2.38. The summed E-state index contributed by atoms with van der Waals surface area (Å²) in [6.45, 7) is 1.98. The molecule has 1 amide bonds. The quantitative estimate of drug-likeness (QED) is 0.680. The smallest absolute Gasteiger partial charge is 0.475 e. The van der Waals surface area contributed by atoms with Crippen LogP contribution in [0.25, 0.3) is 0 Å². The van der Waals surface area contributed by atoms with E-state index in [1.54, 1.807) is 17.3 Å². The number of pyridine rings is 1. The molecule has 2 saturated heterocycles. The lowest BCUT2D eigenvalue weighted by molar-refractivity contribution is -0.192. The van der Waals surface area contributed by atoms with Crippen molar-refractivity contribution in [1.29, 1.82) is 0 Å². The number of amides is 1. The zero-order chi connectivity index (χ0) is 23.3. The number of halogens is 3. The van der Waals surface area contributed by atoms with Crippen LogP contribution in [0, 0.1) is 0 Å². The fourth-order valence-electron chi connectivity index (χ4n) is 3.26. The molecule has 3 rings (SSSR count). The molecule has 0 unspecified atom stereocenters. The van der Waals surface area contributed by atoms with Crippen molar-refractivity contribution in [2.24, 2.45) is 0 Å². The van der Waals surface area contributed by atoms with Gasteiger partial charge in [-0.25, -0.2) is 13.2 Å². The normalized spacial score (nSPS) is 23.5. The standard InChI is InChI=1S/C16H22N2O5S.C2HF3O2/c1-24(20,21)11-15(19)18-7-4-16(12-18)8-14(10-23-16)22-9-13-2-5-17-6-3-13;3-2(4,5)1(6)7/h2-3,5-6,14H,4,7-12H2,1H3;(H,6,7)/t14-,16+;/m1./s1. The highest BCUT2D eigenvalue weighted by Gasteiger charge is 2.47. The highest BCUT2D eigenvalue weighted by atomic mass is 32.2. The molecule has 0 radical (unpaired) electrons. The summed E-state index contributed by atoms with van der Waals surface area (Å²) in [4.78, 5) is 26.5. The van der Waals surface area contributed by atoms with Gasteiger partial charge in [-0.3, -0.25) is 9.78 Å². The predicted octanol–water partition coefficient (Wildman–Crippen LogP) is 1.04. The molecule has 0 bridgehead atoms. The summed E-state index contributed by atoms with van der Waals surface area (Å²) >= 11 is 0. The number of aromatic nitrogens is 1. The Morgan fingerprint density at radius 1 is 1.35 bits per heavy atom. The molecule has 0 aliphatic carbocycles. The average molecular weight is 468 g/mol. The van der Waals surface area contributed by atoms with Crippen molar-refractivity contribution in [1.82, 2.24) is 9.88 Å². The molecule has 0 aromatic carbocycles. The lowest BCUT2D eigenvalue weighted by atomic mass is 9.98. The first-order chi connectivity index (χ1) is 14.3. The second-order valence-corrected chi connectivity index (χ2v) is 9.57. The number of ether oxygens (including phenoxy) is 2. The molecule has 0 saturated carbocycles. The summed E-state index contributed by atoms with van der Waals surface area (Å²) in [6, 6.07) is 3.82. The molecule has 13 heteroatoms. The van der Waals surface area contributed by atoms with Crippen molar-refractivity contribution >= 4 is 21.7 Å². The first-order valence-electron chi connectivity index (χ1n) is 9.20. The van der Waals surface area contributed by atoms with Gasteiger partial charge in [0.15, 0.2) is 9.84 Å². The van der Waals surface area contributed by atoms with Crippen LogP contribution < -0.4 is 0 Å². The molecule has 2 aliphatic rings. The fraction of sp³-hybridized carbons (Fsp3) is 0.611. The zero-order valence-corrected chi connectivity index (χ0v) is 17.5. The number of hydrogen-bond acceptors (Lipinski definition) is 7. The average Bonchev–Trinajstić information content (AvgIpc) is 3.26. The molecule has 3 heterocycles. The molecule has 1 aromatic rings. The maximum absolute atomic E-state index is 12.0. The second-order valence-electron chi connectivity index (χ2n) is 7.42. The van der Waals surface area contributed by atoms with Crippen LogP contribution in [-0.4, -0.2) is 84.9 Å². The summed E-state index contributed by atoms with van der Waals surface area (Å²) < 4.78 is 66.1. The van der Waals surface area contributed by atoms with Crippen molar-refractivity contribution in [2.75, 3.05) is 31.7 Å². The molecule has 2 fully saturated rings. The van der Waals surface area contributed by atoms with Crippen LogP contribution in [0.3, 0.4) is 0 Å². The third-order valence-electron chi connectivity index (χ3n) is 4.71. The number of hydrogen-bond donors (Lipinski definition) is 1. The molecule has 9 nitrogen and oxygen atoms in total. The predicted molar refractivity (Wildman–Crippen MR) is 101 cm³/mol. The summed E-state index contributed by atoms with van der Waals surface area (Å²) in [5, 5.41) is 7.12. The fourth-order valence-corrected chi connectivity index (χ4v) is 3.89. The van der Waals surface area contributed by atoms with E-state index in [0.717, 1.165) is 24.7 Å². The highest BCUT2D eigenvalue weighted by Crippen LogP contribution is 2.36. The molecule has 1 aromatic heterocycles. The molecule has 1 N–H and O–H groups in total. The van der Waals surface area contributed by atoms with E-state index >= 15 is 0 Å². The Labute approximate surface area is 177 Å². The van der Waals surface area contributed by atoms with Crippen molar-refractivity contribution in [3.8, 4) is 0 Å². The van der Waals surface area contributed by atoms with Crippen LogP contribution in [-0.2, 0) is 35.5 Å². The summed E-state index contributed by atoms with van der Waals surface area (Å²) in [5.41, 5.74) is 0.665. The molecule has 174 valence electrons. The topological polar surface area (TPSA) is 123 Å². The molecule has 1 spiro atoms. The Morgan fingerprint density at radius 3 is 2.52 bits per heavy atom. The van der Waals surface area contributed by atoms with E-state index in [2.05, 4.69) is 4.98 Å². The minimum Gasteiger partial charge on any atom is -0.475 e.